The molecule has 2 atom stereocenters. The van der Waals surface area contributed by atoms with Crippen molar-refractivity contribution in [2.75, 3.05) is 12.9 Å². The third-order valence-corrected chi connectivity index (χ3v) is 2.46. The summed E-state index contributed by atoms with van der Waals surface area (Å²) in [5, 5.41) is 0. The summed E-state index contributed by atoms with van der Waals surface area (Å²) >= 11 is 0. The van der Waals surface area contributed by atoms with Crippen molar-refractivity contribution in [3.63, 3.8) is 0 Å². The van der Waals surface area contributed by atoms with Gasteiger partial charge in [-0.15, -0.1) is 6.58 Å². The summed E-state index contributed by atoms with van der Waals surface area (Å²) in [5.74, 6) is -0.732. The van der Waals surface area contributed by atoms with Gasteiger partial charge in [0.05, 0.1) is 12.9 Å². The van der Waals surface area contributed by atoms with Crippen LogP contribution in [0.5, 0.6) is 0 Å². The average molecular weight is 236 g/mol. The Kier molecular flexibility index (Phi) is 3.55. The van der Waals surface area contributed by atoms with E-state index in [0.717, 1.165) is 6.26 Å². The number of hydrogen-bond donors (Lipinski definition) is 0. The molecule has 88 valence electrons. The second-order valence-electron chi connectivity index (χ2n) is 3.86. The molecule has 1 aliphatic rings. The highest BCUT2D eigenvalue weighted by molar-refractivity contribution is 7.85. The molecule has 6 heteroatoms. The van der Waals surface area contributed by atoms with Crippen LogP contribution in [0.3, 0.4) is 0 Å². The van der Waals surface area contributed by atoms with Crippen LogP contribution in [-0.4, -0.2) is 39.3 Å². The third kappa shape index (κ3) is 3.90. The van der Waals surface area contributed by atoms with E-state index in [1.807, 2.05) is 0 Å². The van der Waals surface area contributed by atoms with E-state index in [4.69, 9.17) is 9.47 Å². The van der Waals surface area contributed by atoms with E-state index in [1.54, 1.807) is 19.9 Å². The maximum Gasteiger partial charge on any atom is 0.264 e. The minimum atomic E-state index is -3.45. The zero-order chi connectivity index (χ0) is 11.7. The van der Waals surface area contributed by atoms with Crippen LogP contribution in [0.25, 0.3) is 0 Å². The normalized spacial score (nSPS) is 30.3. The molecule has 5 nitrogen and oxygen atoms in total. The Labute approximate surface area is 90.1 Å². The zero-order valence-electron chi connectivity index (χ0n) is 9.10. The molecule has 0 aromatic carbocycles. The highest BCUT2D eigenvalue weighted by atomic mass is 32.2. The lowest BCUT2D eigenvalue weighted by Gasteiger charge is -2.16. The van der Waals surface area contributed by atoms with Gasteiger partial charge in [0.2, 0.25) is 0 Å². The van der Waals surface area contributed by atoms with Crippen molar-refractivity contribution < 1.29 is 22.1 Å². The van der Waals surface area contributed by atoms with Crippen LogP contribution >= 0.6 is 0 Å². The predicted molar refractivity (Wildman–Crippen MR) is 54.8 cm³/mol. The van der Waals surface area contributed by atoms with Crippen LogP contribution in [-0.2, 0) is 23.8 Å². The van der Waals surface area contributed by atoms with Crippen LogP contribution in [0.1, 0.15) is 13.8 Å². The Morgan fingerprint density at radius 1 is 1.47 bits per heavy atom. The lowest BCUT2D eigenvalue weighted by atomic mass is 10.2. The first-order chi connectivity index (χ1) is 6.73. The van der Waals surface area contributed by atoms with E-state index in [9.17, 15) is 8.42 Å². The highest BCUT2D eigenvalue weighted by Crippen LogP contribution is 2.28. The molecule has 0 aliphatic carbocycles. The quantitative estimate of drug-likeness (QED) is 0.530. The Balaban J connectivity index is 2.58. The standard InChI is InChI=1S/C9H16O5S/c1-5-7-8(6-12-15(4,10)11)14-9(2,3)13-7/h5,7-8H,1,6H2,2-4H3/t7-,8+/m1/s1. The third-order valence-electron chi connectivity index (χ3n) is 1.90. The minimum Gasteiger partial charge on any atom is -0.342 e. The molecule has 0 N–H and O–H groups in total. The molecular formula is C9H16O5S. The van der Waals surface area contributed by atoms with Gasteiger partial charge in [0, 0.05) is 0 Å². The molecule has 1 heterocycles. The van der Waals surface area contributed by atoms with Crippen molar-refractivity contribution in [1.82, 2.24) is 0 Å². The molecule has 0 aromatic heterocycles. The van der Waals surface area contributed by atoms with Gasteiger partial charge >= 0.3 is 0 Å². The lowest BCUT2D eigenvalue weighted by molar-refractivity contribution is -0.145. The van der Waals surface area contributed by atoms with E-state index in [1.165, 1.54) is 0 Å². The fourth-order valence-corrected chi connectivity index (χ4v) is 1.76. The van der Waals surface area contributed by atoms with Gasteiger partial charge in [-0.3, -0.25) is 4.18 Å². The molecule has 0 amide bonds. The molecule has 0 unspecified atom stereocenters. The van der Waals surface area contributed by atoms with Crippen molar-refractivity contribution in [3.8, 4) is 0 Å². The van der Waals surface area contributed by atoms with Gasteiger partial charge in [-0.05, 0) is 13.8 Å². The maximum atomic E-state index is 10.8. The molecule has 0 saturated carbocycles. The maximum absolute atomic E-state index is 10.8. The summed E-state index contributed by atoms with van der Waals surface area (Å²) in [6, 6.07) is 0. The number of ether oxygens (including phenoxy) is 2. The average Bonchev–Trinajstić information content (AvgIpc) is 2.36. The summed E-state index contributed by atoms with van der Waals surface area (Å²) in [6.07, 6.45) is 1.79. The SMILES string of the molecule is C=C[C@H]1OC(C)(C)O[C@H]1COS(C)(=O)=O. The van der Waals surface area contributed by atoms with Crippen LogP contribution in [0.15, 0.2) is 12.7 Å². The van der Waals surface area contributed by atoms with Gasteiger partial charge in [-0.1, -0.05) is 6.08 Å². The lowest BCUT2D eigenvalue weighted by Crippen LogP contribution is -2.27. The summed E-state index contributed by atoms with van der Waals surface area (Å²) in [6.45, 7) is 7.04. The predicted octanol–water partition coefficient (Wildman–Crippen LogP) is 0.669. The van der Waals surface area contributed by atoms with Crippen molar-refractivity contribution in [2.45, 2.75) is 31.8 Å². The Bertz CT molecular complexity index is 332. The first kappa shape index (κ1) is 12.6. The summed E-state index contributed by atoms with van der Waals surface area (Å²) < 4.78 is 37.2. The van der Waals surface area contributed by atoms with Gasteiger partial charge in [0.25, 0.3) is 10.1 Å². The second-order valence-corrected chi connectivity index (χ2v) is 5.51. The number of hydrogen-bond acceptors (Lipinski definition) is 5. The molecule has 0 aromatic rings. The molecular weight excluding hydrogens is 220 g/mol. The first-order valence-electron chi connectivity index (χ1n) is 4.56. The van der Waals surface area contributed by atoms with Crippen LogP contribution in [0.2, 0.25) is 0 Å². The highest BCUT2D eigenvalue weighted by Gasteiger charge is 2.40. The van der Waals surface area contributed by atoms with E-state index in [2.05, 4.69) is 10.8 Å². The van der Waals surface area contributed by atoms with Crippen LogP contribution in [0, 0.1) is 0 Å². The molecule has 0 bridgehead atoms. The van der Waals surface area contributed by atoms with Crippen molar-refractivity contribution in [1.29, 1.82) is 0 Å². The minimum absolute atomic E-state index is 0.0566. The topological polar surface area (TPSA) is 61.8 Å². The molecule has 1 fully saturated rings. The largest absolute Gasteiger partial charge is 0.342 e. The van der Waals surface area contributed by atoms with Crippen LogP contribution < -0.4 is 0 Å². The summed E-state index contributed by atoms with van der Waals surface area (Å²) in [4.78, 5) is 0. The molecule has 0 radical (unpaired) electrons. The van der Waals surface area contributed by atoms with Crippen molar-refractivity contribution in [3.05, 3.63) is 12.7 Å². The molecule has 15 heavy (non-hydrogen) atoms. The van der Waals surface area contributed by atoms with E-state index >= 15 is 0 Å². The molecule has 1 aliphatic heterocycles. The smallest absolute Gasteiger partial charge is 0.264 e. The molecule has 1 saturated heterocycles. The zero-order valence-corrected chi connectivity index (χ0v) is 9.91. The fourth-order valence-electron chi connectivity index (χ4n) is 1.38. The van der Waals surface area contributed by atoms with E-state index in [-0.39, 0.29) is 12.7 Å². The van der Waals surface area contributed by atoms with Gasteiger partial charge in [-0.2, -0.15) is 8.42 Å². The Morgan fingerprint density at radius 2 is 2.07 bits per heavy atom. The molecule has 1 rings (SSSR count). The van der Waals surface area contributed by atoms with Crippen LogP contribution in [0.4, 0.5) is 0 Å². The van der Waals surface area contributed by atoms with Gasteiger partial charge in [0.1, 0.15) is 12.2 Å². The van der Waals surface area contributed by atoms with Crippen molar-refractivity contribution >= 4 is 10.1 Å². The van der Waals surface area contributed by atoms with Gasteiger partial charge < -0.3 is 9.47 Å². The van der Waals surface area contributed by atoms with Gasteiger partial charge in [-0.25, -0.2) is 0 Å². The van der Waals surface area contributed by atoms with Crippen molar-refractivity contribution in [2.24, 2.45) is 0 Å². The molecule has 0 spiro atoms. The Hall–Kier alpha value is -0.430. The fraction of sp³-hybridized carbons (Fsp3) is 0.778. The van der Waals surface area contributed by atoms with Gasteiger partial charge in [0.15, 0.2) is 5.79 Å². The second kappa shape index (κ2) is 4.21. The summed E-state index contributed by atoms with van der Waals surface area (Å²) in [5.41, 5.74) is 0. The van der Waals surface area contributed by atoms with E-state index < -0.39 is 22.0 Å². The Morgan fingerprint density at radius 3 is 2.53 bits per heavy atom. The van der Waals surface area contributed by atoms with E-state index in [0.29, 0.717) is 0 Å². The number of rotatable bonds is 4. The first-order valence-corrected chi connectivity index (χ1v) is 6.38. The summed E-state index contributed by atoms with van der Waals surface area (Å²) in [7, 11) is -3.45. The monoisotopic (exact) mass is 236 g/mol.